The molecule has 8 aromatic rings. The third-order valence-corrected chi connectivity index (χ3v) is 11.1. The van der Waals surface area contributed by atoms with Gasteiger partial charge in [0, 0.05) is 33.7 Å². The first kappa shape index (κ1) is 34.8. The molecule has 3 nitrogen and oxygen atoms in total. The second-order valence-corrected chi connectivity index (χ2v) is 14.5. The summed E-state index contributed by atoms with van der Waals surface area (Å²) in [6.07, 6.45) is 3.81. The molecule has 0 N–H and O–H groups in total. The maximum atomic E-state index is 6.82. The van der Waals surface area contributed by atoms with Gasteiger partial charge >= 0.3 is 21.1 Å². The minimum absolute atomic E-state index is 0. The van der Waals surface area contributed by atoms with Gasteiger partial charge in [-0.3, -0.25) is 4.98 Å². The smallest absolute Gasteiger partial charge is 0.503 e. The van der Waals surface area contributed by atoms with E-state index in [9.17, 15) is 0 Å². The molecule has 9 rings (SSSR count). The van der Waals surface area contributed by atoms with E-state index >= 15 is 0 Å². The molecule has 6 aromatic carbocycles. The summed E-state index contributed by atoms with van der Waals surface area (Å²) in [7, 11) is 0. The minimum atomic E-state index is -0.707. The molecule has 0 radical (unpaired) electrons. The number of aromatic nitrogens is 2. The van der Waals surface area contributed by atoms with E-state index in [1.165, 1.54) is 43.2 Å². The van der Waals surface area contributed by atoms with Crippen LogP contribution in [0.25, 0.3) is 33.2 Å². The van der Waals surface area contributed by atoms with Crippen molar-refractivity contribution in [1.29, 1.82) is 0 Å². The van der Waals surface area contributed by atoms with Gasteiger partial charge in [-0.25, -0.2) is 0 Å². The van der Waals surface area contributed by atoms with E-state index in [4.69, 9.17) is 14.7 Å². The zero-order chi connectivity index (χ0) is 35.2. The third kappa shape index (κ3) is 6.20. The molecule has 2 aromatic heterocycles. The Morgan fingerprint density at radius 1 is 0.604 bits per heavy atom. The van der Waals surface area contributed by atoms with Crippen LogP contribution in [0.4, 0.5) is 0 Å². The van der Waals surface area contributed by atoms with Gasteiger partial charge in [-0.2, -0.15) is 12.1 Å². The summed E-state index contributed by atoms with van der Waals surface area (Å²) in [4.78, 5) is 12.3. The average Bonchev–Trinajstić information content (AvgIpc) is 3.17. The predicted octanol–water partition coefficient (Wildman–Crippen LogP) is 12.1. The number of pyridine rings is 2. The van der Waals surface area contributed by atoms with Gasteiger partial charge in [0.25, 0.3) is 0 Å². The van der Waals surface area contributed by atoms with Crippen molar-refractivity contribution in [2.45, 2.75) is 36.0 Å². The van der Waals surface area contributed by atoms with E-state index in [-0.39, 0.29) is 21.1 Å². The molecule has 0 spiro atoms. The van der Waals surface area contributed by atoms with E-state index in [1.807, 2.05) is 30.6 Å². The Balaban J connectivity index is 0.00000400. The number of hydrogen-bond donors (Lipinski definition) is 0. The van der Waals surface area contributed by atoms with Crippen LogP contribution in [0.1, 0.15) is 39.1 Å². The van der Waals surface area contributed by atoms with E-state index in [2.05, 4.69) is 154 Å². The zero-order valence-electron chi connectivity index (χ0n) is 29.5. The normalized spacial score (nSPS) is 12.7. The SMILES string of the molecule is Cc1cc(C)c(-c2cc(Oc3[c-]c(C4(c5ccccn5)c5ccccc5Sc5ccccc54)ccc3)[c-]c(-c3cc4ccccc4cn3)c2)c(C)c1.[Pt+2]. The molecule has 1 aliphatic rings. The minimum Gasteiger partial charge on any atom is -0.503 e. The molecular formula is C48H34N2OPtS. The summed E-state index contributed by atoms with van der Waals surface area (Å²) in [6, 6.07) is 56.1. The Hall–Kier alpha value is -5.28. The topological polar surface area (TPSA) is 35.0 Å². The number of benzene rings is 6. The summed E-state index contributed by atoms with van der Waals surface area (Å²) in [6.45, 7) is 6.49. The molecular weight excluding hydrogens is 848 g/mol. The Kier molecular flexibility index (Phi) is 9.37. The van der Waals surface area contributed by atoms with Crippen LogP contribution >= 0.6 is 11.8 Å². The average molecular weight is 882 g/mol. The van der Waals surface area contributed by atoms with Crippen LogP contribution in [0, 0.1) is 32.9 Å². The monoisotopic (exact) mass is 881 g/mol. The van der Waals surface area contributed by atoms with E-state index in [0.29, 0.717) is 11.5 Å². The second-order valence-electron chi connectivity index (χ2n) is 13.4. The molecule has 0 saturated carbocycles. The summed E-state index contributed by atoms with van der Waals surface area (Å²) in [5.74, 6) is 1.20. The number of ether oxygens (including phenoxy) is 1. The molecule has 5 heteroatoms. The standard InChI is InChI=1S/C48H34N2OS.Pt/c1-31-23-32(2)47(33(3)24-31)37-25-36(43-28-34-13-4-5-14-35(34)30-50-43)26-40(27-37)51-39-16-12-15-38(29-39)48(46-21-10-11-22-49-46)41-17-6-8-19-44(41)52-45-20-9-7-18-42(45)48;/h4-25,27-28,30H,1-3H3;/q-2;+2. The van der Waals surface area contributed by atoms with Gasteiger partial charge in [0.05, 0.1) is 11.1 Å². The van der Waals surface area contributed by atoms with Crippen LogP contribution in [0.15, 0.2) is 162 Å². The fraction of sp³-hybridized carbons (Fsp3) is 0.0833. The molecule has 0 amide bonds. The second kappa shape index (κ2) is 14.3. The van der Waals surface area contributed by atoms with Crippen LogP contribution in [0.3, 0.4) is 0 Å². The first-order valence-corrected chi connectivity index (χ1v) is 18.3. The molecule has 0 atom stereocenters. The summed E-state index contributed by atoms with van der Waals surface area (Å²) < 4.78 is 6.82. The van der Waals surface area contributed by atoms with Gasteiger partial charge in [-0.05, 0) is 89.3 Å². The van der Waals surface area contributed by atoms with E-state index in [1.54, 1.807) is 11.8 Å². The van der Waals surface area contributed by atoms with Crippen molar-refractivity contribution >= 4 is 22.5 Å². The van der Waals surface area contributed by atoms with E-state index < -0.39 is 5.41 Å². The summed E-state index contributed by atoms with van der Waals surface area (Å²) >= 11 is 1.80. The molecule has 258 valence electrons. The summed E-state index contributed by atoms with van der Waals surface area (Å²) in [5, 5.41) is 2.23. The van der Waals surface area contributed by atoms with Crippen LogP contribution in [0.2, 0.25) is 0 Å². The Labute approximate surface area is 329 Å². The molecule has 1 aliphatic heterocycles. The van der Waals surface area contributed by atoms with Gasteiger partial charge in [-0.15, -0.1) is 29.3 Å². The third-order valence-electron chi connectivity index (χ3n) is 9.96. The first-order valence-electron chi connectivity index (χ1n) is 17.5. The zero-order valence-corrected chi connectivity index (χ0v) is 32.5. The molecule has 0 fully saturated rings. The van der Waals surface area contributed by atoms with Gasteiger partial charge < -0.3 is 9.72 Å². The van der Waals surface area contributed by atoms with Crippen LogP contribution < -0.4 is 4.74 Å². The number of aryl methyl sites for hydroxylation is 3. The first-order chi connectivity index (χ1) is 25.5. The number of nitrogens with zero attached hydrogens (tertiary/aromatic N) is 2. The Morgan fingerprint density at radius 3 is 2.00 bits per heavy atom. The van der Waals surface area contributed by atoms with Crippen LogP contribution in [-0.2, 0) is 26.5 Å². The Bertz CT molecular complexity index is 2570. The van der Waals surface area contributed by atoms with Crippen LogP contribution in [-0.4, -0.2) is 9.97 Å². The number of fused-ring (bicyclic) bond motifs is 3. The number of rotatable bonds is 6. The van der Waals surface area contributed by atoms with Crippen molar-refractivity contribution in [2.24, 2.45) is 0 Å². The summed E-state index contributed by atoms with van der Waals surface area (Å²) in [5.41, 5.74) is 11.2. The predicted molar refractivity (Wildman–Crippen MR) is 211 cm³/mol. The Morgan fingerprint density at radius 2 is 1.28 bits per heavy atom. The molecule has 0 saturated heterocycles. The van der Waals surface area contributed by atoms with Crippen molar-refractivity contribution < 1.29 is 25.8 Å². The molecule has 0 unspecified atom stereocenters. The molecule has 0 bridgehead atoms. The van der Waals surface area contributed by atoms with Gasteiger partial charge in [0.1, 0.15) is 0 Å². The van der Waals surface area contributed by atoms with Crippen LogP contribution in [0.5, 0.6) is 11.5 Å². The maximum absolute atomic E-state index is 6.82. The maximum Gasteiger partial charge on any atom is 2.00 e. The van der Waals surface area contributed by atoms with Crippen molar-refractivity contribution in [1.82, 2.24) is 9.97 Å². The molecule has 53 heavy (non-hydrogen) atoms. The van der Waals surface area contributed by atoms with Gasteiger partial charge in [-0.1, -0.05) is 120 Å². The van der Waals surface area contributed by atoms with Gasteiger partial charge in [0.15, 0.2) is 0 Å². The van der Waals surface area contributed by atoms with Crippen molar-refractivity contribution in [2.75, 3.05) is 0 Å². The quantitative estimate of drug-likeness (QED) is 0.156. The van der Waals surface area contributed by atoms with E-state index in [0.717, 1.165) is 38.9 Å². The fourth-order valence-corrected chi connectivity index (χ4v) is 9.07. The largest absolute Gasteiger partial charge is 2.00 e. The molecule has 0 aliphatic carbocycles. The van der Waals surface area contributed by atoms with Crippen molar-refractivity contribution in [3.8, 4) is 33.9 Å². The fourth-order valence-electron chi connectivity index (χ4n) is 7.87. The number of hydrogen-bond acceptors (Lipinski definition) is 4. The van der Waals surface area contributed by atoms with Crippen molar-refractivity contribution in [3.05, 3.63) is 203 Å². The molecule has 3 heterocycles. The van der Waals surface area contributed by atoms with Crippen molar-refractivity contribution in [3.63, 3.8) is 0 Å². The van der Waals surface area contributed by atoms with Gasteiger partial charge in [0.2, 0.25) is 0 Å².